The first kappa shape index (κ1) is 48.6. The molecule has 1 aromatic carbocycles. The highest BCUT2D eigenvalue weighted by atomic mass is 32.2. The van der Waals surface area contributed by atoms with Crippen molar-refractivity contribution < 1.29 is 87.4 Å². The fourth-order valence-corrected chi connectivity index (χ4v) is 7.48. The Morgan fingerprint density at radius 2 is 1.59 bits per heavy atom. The number of amides is 7. The molecule has 3 heterocycles. The molecule has 0 bridgehead atoms. The Bertz CT molecular complexity index is 1840. The zero-order valence-electron chi connectivity index (χ0n) is 32.4. The zero-order chi connectivity index (χ0) is 45.5. The number of benzene rings is 1. The van der Waals surface area contributed by atoms with Gasteiger partial charge >= 0.3 is 0 Å². The Morgan fingerprint density at radius 1 is 0.918 bits per heavy atom. The fraction of sp³-hybridized carbons (Fsp3) is 0.618. The van der Waals surface area contributed by atoms with Gasteiger partial charge in [0.25, 0.3) is 0 Å². The summed E-state index contributed by atoms with van der Waals surface area (Å²) in [6.07, 6.45) is -14.4. The van der Waals surface area contributed by atoms with E-state index < -0.39 is 183 Å². The quantitative estimate of drug-likeness (QED) is 0.0970. The van der Waals surface area contributed by atoms with E-state index in [2.05, 4.69) is 25.5 Å². The Labute approximate surface area is 348 Å². The largest absolute Gasteiger partial charge is 0.740 e. The molecule has 340 valence electrons. The number of hydrogen-bond donors (Lipinski definition) is 14. The van der Waals surface area contributed by atoms with Crippen LogP contribution in [0.15, 0.2) is 18.2 Å². The van der Waals surface area contributed by atoms with Crippen LogP contribution in [0.1, 0.15) is 31.2 Å². The van der Waals surface area contributed by atoms with Crippen LogP contribution in [-0.2, 0) is 51.3 Å². The molecule has 61 heavy (non-hydrogen) atoms. The average Bonchev–Trinajstić information content (AvgIpc) is 3.78. The number of hydrogen-bond acceptors (Lipinski definition) is 19. The molecule has 1 aromatic rings. The molecule has 3 saturated heterocycles. The molecule has 0 spiro atoms. The molecule has 3 aliphatic heterocycles. The summed E-state index contributed by atoms with van der Waals surface area (Å²) < 4.78 is 26.8. The van der Waals surface area contributed by atoms with E-state index >= 15 is 0 Å². The van der Waals surface area contributed by atoms with Gasteiger partial charge in [-0.05, 0) is 31.2 Å². The first-order valence-corrected chi connectivity index (χ1v) is 19.7. The highest BCUT2D eigenvalue weighted by Gasteiger charge is 2.48. The van der Waals surface area contributed by atoms with Crippen molar-refractivity contribution in [1.82, 2.24) is 36.4 Å². The predicted octanol–water partition coefficient (Wildman–Crippen LogP) is -9.14. The van der Waals surface area contributed by atoms with E-state index in [0.29, 0.717) is 4.90 Å². The Kier molecular flexibility index (Phi) is 16.8. The average molecular weight is 890 g/mol. The maximum absolute atomic E-state index is 14.2. The second-order valence-corrected chi connectivity index (χ2v) is 15.2. The third-order valence-corrected chi connectivity index (χ3v) is 10.6. The summed E-state index contributed by atoms with van der Waals surface area (Å²) in [6, 6.07) is -8.03. The second kappa shape index (κ2) is 21.1. The van der Waals surface area contributed by atoms with E-state index in [9.17, 15) is 83.2 Å². The molecule has 0 aromatic heterocycles. The van der Waals surface area contributed by atoms with Crippen LogP contribution >= 0.6 is 0 Å². The first-order valence-electron chi connectivity index (χ1n) is 18.7. The van der Waals surface area contributed by atoms with Gasteiger partial charge in [0.2, 0.25) is 41.4 Å². The van der Waals surface area contributed by atoms with Crippen molar-refractivity contribution >= 4 is 52.7 Å². The molecule has 3 aliphatic rings. The van der Waals surface area contributed by atoms with Crippen LogP contribution in [0.25, 0.3) is 0 Å². The van der Waals surface area contributed by atoms with Crippen molar-refractivity contribution in [3.8, 4) is 11.5 Å². The predicted molar refractivity (Wildman–Crippen MR) is 200 cm³/mol. The summed E-state index contributed by atoms with van der Waals surface area (Å²) in [5, 5.41) is 96.8. The Balaban J connectivity index is 1.82. The fourth-order valence-electron chi connectivity index (χ4n) is 7.20. The third-order valence-electron chi connectivity index (χ3n) is 10.3. The molecule has 0 saturated carbocycles. The summed E-state index contributed by atoms with van der Waals surface area (Å²) in [4.78, 5) is 96.2. The highest BCUT2D eigenvalue weighted by Crippen LogP contribution is 2.29. The summed E-state index contributed by atoms with van der Waals surface area (Å²) in [6.45, 7) is -2.02. The molecule has 13 atom stereocenters. The van der Waals surface area contributed by atoms with Gasteiger partial charge in [0, 0.05) is 32.4 Å². The van der Waals surface area contributed by atoms with Gasteiger partial charge in [0.05, 0.1) is 43.5 Å². The molecule has 0 radical (unpaired) electrons. The standard InChI is InChI=1S/C34H50N8O18S/c1-36-15-9-22(49)30(53)40-32(55)27-19(46)4-5-41(27)34(57)26(21(48)10-24(35)50)39-31(54)25(20(47)6-13-2-3-18(45)23(7-13)60-61(58)59)38-29(52)17-8-14(44)11-42(17)33(56)16(12-43)37-28(15)51/h2-3,7,14-17,19-22,25-27,30,36,43-49,53H,4-6,8-12H2,1H3,(H2,35,50)(H,37,51)(H,38,52)(H,39,54)(H,40,55)(H,58,59)/p-1. The van der Waals surface area contributed by atoms with E-state index in [-0.39, 0.29) is 12.0 Å². The Hall–Kier alpha value is -5.10. The van der Waals surface area contributed by atoms with Crippen molar-refractivity contribution in [2.75, 3.05) is 26.7 Å². The first-order chi connectivity index (χ1) is 28.7. The lowest BCUT2D eigenvalue weighted by atomic mass is 9.98. The number of carbonyl (C=O) groups is 7. The highest BCUT2D eigenvalue weighted by molar-refractivity contribution is 7.74. The monoisotopic (exact) mass is 889 g/mol. The molecule has 3 fully saturated rings. The number of nitrogens with one attached hydrogen (secondary N) is 5. The number of aliphatic hydroxyl groups is 7. The van der Waals surface area contributed by atoms with Crippen molar-refractivity contribution in [2.45, 2.75) is 105 Å². The number of nitrogens with two attached hydrogens (primary N) is 1. The van der Waals surface area contributed by atoms with E-state index in [1.165, 1.54) is 13.1 Å². The van der Waals surface area contributed by atoms with Gasteiger partial charge in [-0.2, -0.15) is 0 Å². The van der Waals surface area contributed by atoms with Gasteiger partial charge in [-0.15, -0.1) is 0 Å². The van der Waals surface area contributed by atoms with Crippen molar-refractivity contribution in [3.63, 3.8) is 0 Å². The summed E-state index contributed by atoms with van der Waals surface area (Å²) in [5.74, 6) is -9.83. The zero-order valence-corrected chi connectivity index (χ0v) is 33.2. The molecule has 7 amide bonds. The van der Waals surface area contributed by atoms with Crippen LogP contribution < -0.4 is 36.5 Å². The molecule has 0 aliphatic carbocycles. The molecular weight excluding hydrogens is 840 g/mol. The SMILES string of the molecule is CNC1CC(O)C(O)NC(=O)C2C(O)CCN2C(=O)C(C(O)CC(N)=O)NC(=O)C(C(O)Cc2ccc(O)c(OS(=O)[O-])c2)NC(=O)C2CC(O)CN2C(=O)C(CO)NC1=O. The van der Waals surface area contributed by atoms with E-state index in [1.807, 2.05) is 5.32 Å². The number of rotatable bonds is 10. The number of phenols is 1. The van der Waals surface area contributed by atoms with Gasteiger partial charge in [-0.3, -0.25) is 33.6 Å². The maximum atomic E-state index is 14.2. The number of nitrogens with zero attached hydrogens (tertiary/aromatic N) is 2. The number of likely N-dealkylation sites (N-methyl/N-ethyl adjacent to an activating group) is 1. The molecule has 4 rings (SSSR count). The van der Waals surface area contributed by atoms with Crippen molar-refractivity contribution in [1.29, 1.82) is 0 Å². The van der Waals surface area contributed by atoms with Crippen LogP contribution in [-0.4, -0.2) is 201 Å². The topological polar surface area (TPSA) is 423 Å². The number of aliphatic hydroxyl groups excluding tert-OH is 7. The maximum Gasteiger partial charge on any atom is 0.248 e. The molecule has 27 heteroatoms. The molecule has 13 unspecified atom stereocenters. The van der Waals surface area contributed by atoms with E-state index in [1.54, 1.807) is 0 Å². The lowest BCUT2D eigenvalue weighted by Gasteiger charge is -2.34. The summed E-state index contributed by atoms with van der Waals surface area (Å²) >= 11 is -3.17. The third kappa shape index (κ3) is 12.1. The van der Waals surface area contributed by atoms with E-state index in [4.69, 9.17) is 5.73 Å². The number of phenolic OH excluding ortho intramolecular Hbond substituents is 1. The number of aromatic hydroxyl groups is 1. The second-order valence-electron chi connectivity index (χ2n) is 14.6. The van der Waals surface area contributed by atoms with Gasteiger partial charge in [-0.1, -0.05) is 6.07 Å². The lowest BCUT2D eigenvalue weighted by Crippen LogP contribution is -2.64. The van der Waals surface area contributed by atoms with E-state index in [0.717, 1.165) is 17.0 Å². The minimum atomic E-state index is -3.17. The van der Waals surface area contributed by atoms with Gasteiger partial charge < -0.3 is 91.7 Å². The molecule has 15 N–H and O–H groups in total. The van der Waals surface area contributed by atoms with Gasteiger partial charge in [-0.25, -0.2) is 4.21 Å². The molecular formula is C34H49N8O18S-. The van der Waals surface area contributed by atoms with Crippen molar-refractivity contribution in [2.24, 2.45) is 5.73 Å². The van der Waals surface area contributed by atoms with Crippen LogP contribution in [0.2, 0.25) is 0 Å². The minimum absolute atomic E-state index is 0.0155. The van der Waals surface area contributed by atoms with Crippen LogP contribution in [0.4, 0.5) is 0 Å². The van der Waals surface area contributed by atoms with Crippen LogP contribution in [0.5, 0.6) is 11.5 Å². The number of primary amides is 1. The number of carbonyl (C=O) groups excluding carboxylic acids is 7. The van der Waals surface area contributed by atoms with Crippen LogP contribution in [0.3, 0.4) is 0 Å². The summed E-state index contributed by atoms with van der Waals surface area (Å²) in [7, 11) is 1.26. The lowest BCUT2D eigenvalue weighted by molar-refractivity contribution is -0.148. The van der Waals surface area contributed by atoms with Crippen molar-refractivity contribution in [3.05, 3.63) is 23.8 Å². The summed E-state index contributed by atoms with van der Waals surface area (Å²) in [5.41, 5.74) is 5.25. The Morgan fingerprint density at radius 3 is 2.21 bits per heavy atom. The van der Waals surface area contributed by atoms with Gasteiger partial charge in [0.15, 0.2) is 17.7 Å². The normalized spacial score (nSPS) is 31.4. The van der Waals surface area contributed by atoms with Crippen LogP contribution in [0, 0.1) is 0 Å². The van der Waals surface area contributed by atoms with Gasteiger partial charge in [0.1, 0.15) is 47.7 Å². The smallest absolute Gasteiger partial charge is 0.248 e. The number of fused-ring (bicyclic) bond motifs is 2. The molecule has 26 nitrogen and oxygen atoms in total. The minimum Gasteiger partial charge on any atom is -0.740 e.